The van der Waals surface area contributed by atoms with Gasteiger partial charge in [0, 0.05) is 88.1 Å². The van der Waals surface area contributed by atoms with Gasteiger partial charge >= 0.3 is 0 Å². The van der Waals surface area contributed by atoms with Gasteiger partial charge in [0.1, 0.15) is 0 Å². The minimum atomic E-state index is 0.211. The normalized spacial score (nSPS) is 17.6. The first-order valence-corrected chi connectivity index (χ1v) is 10.7. The molecule has 0 spiro atoms. The molecule has 2 aliphatic heterocycles. The molecule has 0 aliphatic carbocycles. The fourth-order valence-electron chi connectivity index (χ4n) is 4.46. The predicted molar refractivity (Wildman–Crippen MR) is 109 cm³/mol. The smallest absolute Gasteiger partial charge is 0.223 e. The van der Waals surface area contributed by atoms with Crippen molar-refractivity contribution in [3.8, 4) is 0 Å². The third kappa shape index (κ3) is 4.23. The zero-order valence-corrected chi connectivity index (χ0v) is 17.9. The molecule has 4 heterocycles. The lowest BCUT2D eigenvalue weighted by Gasteiger charge is -2.28. The van der Waals surface area contributed by atoms with Crippen LogP contribution in [0.5, 0.6) is 0 Å². The molecule has 0 aromatic carbocycles. The van der Waals surface area contributed by atoms with Crippen molar-refractivity contribution < 1.29 is 9.53 Å². The van der Waals surface area contributed by atoms with Gasteiger partial charge in [-0.1, -0.05) is 0 Å². The monoisotopic (exact) mass is 400 g/mol. The molecule has 4 rings (SSSR count). The van der Waals surface area contributed by atoms with Gasteiger partial charge in [0.05, 0.1) is 25.1 Å². The molecule has 29 heavy (non-hydrogen) atoms. The van der Waals surface area contributed by atoms with Gasteiger partial charge in [-0.15, -0.1) is 0 Å². The van der Waals surface area contributed by atoms with E-state index in [4.69, 9.17) is 9.84 Å². The Kier molecular flexibility index (Phi) is 6.01. The number of ether oxygens (including phenoxy) is 1. The van der Waals surface area contributed by atoms with Crippen molar-refractivity contribution in [2.45, 2.75) is 52.7 Å². The summed E-state index contributed by atoms with van der Waals surface area (Å²) in [5.41, 5.74) is 6.25. The third-order valence-electron chi connectivity index (χ3n) is 6.24. The van der Waals surface area contributed by atoms with E-state index in [0.29, 0.717) is 39.1 Å². The van der Waals surface area contributed by atoms with Crippen LogP contribution in [0.1, 0.15) is 41.6 Å². The Hall–Kier alpha value is -2.19. The molecule has 0 saturated carbocycles. The molecular weight excluding hydrogens is 368 g/mol. The number of rotatable bonds is 6. The zero-order valence-electron chi connectivity index (χ0n) is 17.9. The van der Waals surface area contributed by atoms with Gasteiger partial charge in [0.25, 0.3) is 0 Å². The Balaban J connectivity index is 1.42. The number of hydrogen-bond acceptors (Lipinski definition) is 5. The van der Waals surface area contributed by atoms with Crippen LogP contribution in [-0.4, -0.2) is 68.1 Å². The van der Waals surface area contributed by atoms with Crippen molar-refractivity contribution in [3.63, 3.8) is 0 Å². The molecule has 158 valence electrons. The molecule has 1 saturated heterocycles. The van der Waals surface area contributed by atoms with E-state index in [1.165, 1.54) is 22.5 Å². The Labute approximate surface area is 172 Å². The fraction of sp³-hybridized carbons (Fsp3) is 0.667. The third-order valence-corrected chi connectivity index (χ3v) is 6.24. The molecule has 2 aliphatic rings. The molecule has 8 heteroatoms. The maximum Gasteiger partial charge on any atom is 0.223 e. The number of aryl methyl sites for hydroxylation is 3. The summed E-state index contributed by atoms with van der Waals surface area (Å²) in [5, 5.41) is 9.25. The summed E-state index contributed by atoms with van der Waals surface area (Å²) in [6.45, 7) is 10.7. The maximum absolute atomic E-state index is 12.5. The molecule has 2 aromatic heterocycles. The predicted octanol–water partition coefficient (Wildman–Crippen LogP) is 1.29. The number of morpholine rings is 1. The van der Waals surface area contributed by atoms with Crippen LogP contribution in [0.2, 0.25) is 0 Å². The Morgan fingerprint density at radius 2 is 2.03 bits per heavy atom. The highest BCUT2D eigenvalue weighted by atomic mass is 16.5. The van der Waals surface area contributed by atoms with E-state index in [9.17, 15) is 4.79 Å². The van der Waals surface area contributed by atoms with Gasteiger partial charge < -0.3 is 9.64 Å². The van der Waals surface area contributed by atoms with E-state index in [2.05, 4.69) is 28.5 Å². The van der Waals surface area contributed by atoms with Gasteiger partial charge in [0.2, 0.25) is 5.91 Å². The SMILES string of the molecule is CCn1ncc(CN2CCc3c(c(CCC(=O)N4CCOCC4)nn3C)C2)c1C. The second-order valence-electron chi connectivity index (χ2n) is 8.02. The van der Waals surface area contributed by atoms with Gasteiger partial charge in [-0.05, 0) is 13.8 Å². The van der Waals surface area contributed by atoms with Crippen LogP contribution in [-0.2, 0) is 49.1 Å². The van der Waals surface area contributed by atoms with Crippen molar-refractivity contribution in [3.05, 3.63) is 34.4 Å². The summed E-state index contributed by atoms with van der Waals surface area (Å²) < 4.78 is 9.42. The van der Waals surface area contributed by atoms with E-state index in [1.807, 2.05) is 22.8 Å². The van der Waals surface area contributed by atoms with Crippen molar-refractivity contribution >= 4 is 5.91 Å². The first-order valence-electron chi connectivity index (χ1n) is 10.7. The van der Waals surface area contributed by atoms with Crippen molar-refractivity contribution in [2.75, 3.05) is 32.8 Å². The van der Waals surface area contributed by atoms with Gasteiger partial charge in [-0.2, -0.15) is 10.2 Å². The summed E-state index contributed by atoms with van der Waals surface area (Å²) in [6.07, 6.45) is 4.22. The first-order chi connectivity index (χ1) is 14.1. The van der Waals surface area contributed by atoms with E-state index in [1.54, 1.807) is 0 Å². The van der Waals surface area contributed by atoms with Crippen LogP contribution in [0.15, 0.2) is 6.20 Å². The van der Waals surface area contributed by atoms with Crippen LogP contribution in [0.25, 0.3) is 0 Å². The minimum Gasteiger partial charge on any atom is -0.378 e. The molecule has 0 N–H and O–H groups in total. The average molecular weight is 401 g/mol. The highest BCUT2D eigenvalue weighted by molar-refractivity contribution is 5.76. The van der Waals surface area contributed by atoms with E-state index < -0.39 is 0 Å². The molecule has 1 fully saturated rings. The van der Waals surface area contributed by atoms with Crippen LogP contribution in [0.3, 0.4) is 0 Å². The lowest BCUT2D eigenvalue weighted by Crippen LogP contribution is -2.40. The standard InChI is InChI=1S/C21H32N6O2/c1-4-27-16(2)17(13-22-27)14-25-8-7-20-18(15-25)19(23-24(20)3)5-6-21(28)26-9-11-29-12-10-26/h13H,4-12,14-15H2,1-3H3. The van der Waals surface area contributed by atoms with E-state index in [0.717, 1.165) is 38.3 Å². The summed E-state index contributed by atoms with van der Waals surface area (Å²) >= 11 is 0. The van der Waals surface area contributed by atoms with Crippen molar-refractivity contribution in [1.82, 2.24) is 29.4 Å². The highest BCUT2D eigenvalue weighted by Crippen LogP contribution is 2.25. The minimum absolute atomic E-state index is 0.211. The average Bonchev–Trinajstić information content (AvgIpc) is 3.26. The van der Waals surface area contributed by atoms with Crippen LogP contribution >= 0.6 is 0 Å². The molecule has 0 unspecified atom stereocenters. The molecule has 8 nitrogen and oxygen atoms in total. The second kappa shape index (κ2) is 8.67. The second-order valence-corrected chi connectivity index (χ2v) is 8.02. The zero-order chi connectivity index (χ0) is 20.4. The summed E-state index contributed by atoms with van der Waals surface area (Å²) in [6, 6.07) is 0. The Morgan fingerprint density at radius 1 is 1.24 bits per heavy atom. The maximum atomic E-state index is 12.5. The number of carbonyl (C=O) groups is 1. The lowest BCUT2D eigenvalue weighted by molar-refractivity contribution is -0.135. The number of nitrogens with zero attached hydrogens (tertiary/aromatic N) is 6. The molecule has 0 bridgehead atoms. The molecular formula is C21H32N6O2. The highest BCUT2D eigenvalue weighted by Gasteiger charge is 2.25. The van der Waals surface area contributed by atoms with Crippen molar-refractivity contribution in [2.24, 2.45) is 7.05 Å². The van der Waals surface area contributed by atoms with Crippen LogP contribution in [0.4, 0.5) is 0 Å². The molecule has 0 radical (unpaired) electrons. The number of carbonyl (C=O) groups excluding carboxylic acids is 1. The van der Waals surface area contributed by atoms with Crippen LogP contribution in [0, 0.1) is 6.92 Å². The number of fused-ring (bicyclic) bond motifs is 1. The molecule has 0 atom stereocenters. The van der Waals surface area contributed by atoms with E-state index in [-0.39, 0.29) is 5.91 Å². The summed E-state index contributed by atoms with van der Waals surface area (Å²) in [7, 11) is 2.03. The Bertz CT molecular complexity index is 865. The van der Waals surface area contributed by atoms with Gasteiger partial charge in [-0.3, -0.25) is 19.1 Å². The van der Waals surface area contributed by atoms with Gasteiger partial charge in [-0.25, -0.2) is 0 Å². The largest absolute Gasteiger partial charge is 0.378 e. The summed E-state index contributed by atoms with van der Waals surface area (Å²) in [4.78, 5) is 16.9. The summed E-state index contributed by atoms with van der Waals surface area (Å²) in [5.74, 6) is 0.211. The topological polar surface area (TPSA) is 68.4 Å². The fourth-order valence-corrected chi connectivity index (χ4v) is 4.46. The number of amides is 1. The number of hydrogen-bond donors (Lipinski definition) is 0. The van der Waals surface area contributed by atoms with Crippen LogP contribution < -0.4 is 0 Å². The quantitative estimate of drug-likeness (QED) is 0.731. The first kappa shape index (κ1) is 20.1. The van der Waals surface area contributed by atoms with Crippen molar-refractivity contribution in [1.29, 1.82) is 0 Å². The lowest BCUT2D eigenvalue weighted by atomic mass is 10.0. The van der Waals surface area contributed by atoms with E-state index >= 15 is 0 Å². The van der Waals surface area contributed by atoms with Gasteiger partial charge in [0.15, 0.2) is 0 Å². The molecule has 1 amide bonds. The molecule has 2 aromatic rings. The number of aromatic nitrogens is 4. The Morgan fingerprint density at radius 3 is 2.76 bits per heavy atom.